The minimum Gasteiger partial charge on any atom is -0.372 e. The second-order valence-electron chi connectivity index (χ2n) is 3.09. The van der Waals surface area contributed by atoms with E-state index in [9.17, 15) is 8.78 Å². The van der Waals surface area contributed by atoms with Crippen molar-refractivity contribution in [1.29, 1.82) is 0 Å². The van der Waals surface area contributed by atoms with Gasteiger partial charge in [-0.25, -0.2) is 8.78 Å². The summed E-state index contributed by atoms with van der Waals surface area (Å²) in [5, 5.41) is 0. The van der Waals surface area contributed by atoms with Gasteiger partial charge in [0.05, 0.1) is 5.69 Å². The number of anilines is 1. The van der Waals surface area contributed by atoms with E-state index in [1.807, 2.05) is 0 Å². The Labute approximate surface area is 88.1 Å². The van der Waals surface area contributed by atoms with Crippen LogP contribution in [0.15, 0.2) is 18.2 Å². The van der Waals surface area contributed by atoms with Crippen molar-refractivity contribution < 1.29 is 8.78 Å². The molecule has 0 spiro atoms. The summed E-state index contributed by atoms with van der Waals surface area (Å²) in [6.45, 7) is 0.714. The first-order chi connectivity index (χ1) is 6.65. The van der Waals surface area contributed by atoms with Crippen molar-refractivity contribution in [3.05, 3.63) is 29.8 Å². The fourth-order valence-electron chi connectivity index (χ4n) is 1.22. The first-order valence-electron chi connectivity index (χ1n) is 4.42. The molecule has 0 unspecified atom stereocenters. The van der Waals surface area contributed by atoms with Crippen LogP contribution in [0.5, 0.6) is 0 Å². The zero-order valence-corrected chi connectivity index (χ0v) is 8.90. The summed E-state index contributed by atoms with van der Waals surface area (Å²) < 4.78 is 25.8. The topological polar surface area (TPSA) is 3.24 Å². The van der Waals surface area contributed by atoms with Crippen molar-refractivity contribution in [2.75, 3.05) is 24.2 Å². The largest absolute Gasteiger partial charge is 0.372 e. The van der Waals surface area contributed by atoms with E-state index in [4.69, 9.17) is 0 Å². The standard InChI is InChI=1S/C10H13F2NS/c1-13(5-2-6-14)10-4-3-8(11)7-9(10)12/h3-4,7,14H,2,5-6H2,1H3. The third-order valence-electron chi connectivity index (χ3n) is 1.97. The molecule has 0 amide bonds. The van der Waals surface area contributed by atoms with Gasteiger partial charge in [0.1, 0.15) is 11.6 Å². The molecule has 0 aliphatic rings. The lowest BCUT2D eigenvalue weighted by molar-refractivity contribution is 0.580. The van der Waals surface area contributed by atoms with Gasteiger partial charge < -0.3 is 4.90 Å². The number of hydrogen-bond acceptors (Lipinski definition) is 2. The summed E-state index contributed by atoms with van der Waals surface area (Å²) in [5.41, 5.74) is 0.424. The summed E-state index contributed by atoms with van der Waals surface area (Å²) in [5.74, 6) is -0.312. The predicted molar refractivity (Wildman–Crippen MR) is 58.1 cm³/mol. The van der Waals surface area contributed by atoms with Crippen LogP contribution in [-0.2, 0) is 0 Å². The van der Waals surface area contributed by atoms with Crippen LogP contribution in [0.1, 0.15) is 6.42 Å². The lowest BCUT2D eigenvalue weighted by atomic mass is 10.2. The van der Waals surface area contributed by atoms with Crippen LogP contribution in [-0.4, -0.2) is 19.3 Å². The number of nitrogens with zero attached hydrogens (tertiary/aromatic N) is 1. The molecule has 0 bridgehead atoms. The molecule has 0 aliphatic carbocycles. The highest BCUT2D eigenvalue weighted by Gasteiger charge is 2.07. The Balaban J connectivity index is 2.74. The van der Waals surface area contributed by atoms with Gasteiger partial charge in [0.2, 0.25) is 0 Å². The van der Waals surface area contributed by atoms with E-state index in [1.165, 1.54) is 12.1 Å². The monoisotopic (exact) mass is 217 g/mol. The lowest BCUT2D eigenvalue weighted by Crippen LogP contribution is -2.20. The second kappa shape index (κ2) is 5.20. The maximum absolute atomic E-state index is 13.2. The maximum Gasteiger partial charge on any atom is 0.149 e. The minimum absolute atomic E-state index is 0.424. The highest BCUT2D eigenvalue weighted by Crippen LogP contribution is 2.18. The molecule has 1 rings (SSSR count). The van der Waals surface area contributed by atoms with Crippen LogP contribution in [0.25, 0.3) is 0 Å². The lowest BCUT2D eigenvalue weighted by Gasteiger charge is -2.19. The fourth-order valence-corrected chi connectivity index (χ4v) is 1.36. The van der Waals surface area contributed by atoms with Crippen molar-refractivity contribution in [2.45, 2.75) is 6.42 Å². The smallest absolute Gasteiger partial charge is 0.149 e. The zero-order valence-electron chi connectivity index (χ0n) is 8.00. The zero-order chi connectivity index (χ0) is 10.6. The van der Waals surface area contributed by atoms with Gasteiger partial charge in [-0.2, -0.15) is 12.6 Å². The number of hydrogen-bond donors (Lipinski definition) is 1. The fraction of sp³-hybridized carbons (Fsp3) is 0.400. The van der Waals surface area contributed by atoms with E-state index in [2.05, 4.69) is 12.6 Å². The molecule has 0 saturated heterocycles. The molecule has 0 fully saturated rings. The quantitative estimate of drug-likeness (QED) is 0.759. The normalized spacial score (nSPS) is 10.3. The van der Waals surface area contributed by atoms with Crippen molar-refractivity contribution in [3.63, 3.8) is 0 Å². The molecule has 0 aromatic heterocycles. The average Bonchev–Trinajstić information content (AvgIpc) is 2.14. The van der Waals surface area contributed by atoms with E-state index in [0.717, 1.165) is 18.2 Å². The van der Waals surface area contributed by atoms with Crippen LogP contribution in [0.4, 0.5) is 14.5 Å². The Hall–Kier alpha value is -0.770. The van der Waals surface area contributed by atoms with Gasteiger partial charge in [0.25, 0.3) is 0 Å². The highest BCUT2D eigenvalue weighted by molar-refractivity contribution is 7.80. The van der Waals surface area contributed by atoms with Gasteiger partial charge in [0.15, 0.2) is 0 Å². The summed E-state index contributed by atoms with van der Waals surface area (Å²) >= 11 is 4.07. The molecule has 0 radical (unpaired) electrons. The van der Waals surface area contributed by atoms with Crippen LogP contribution >= 0.6 is 12.6 Å². The van der Waals surface area contributed by atoms with Gasteiger partial charge in [-0.15, -0.1) is 0 Å². The summed E-state index contributed by atoms with van der Waals surface area (Å²) in [4.78, 5) is 1.75. The SMILES string of the molecule is CN(CCCS)c1ccc(F)cc1F. The molecule has 0 saturated carbocycles. The van der Waals surface area contributed by atoms with Gasteiger partial charge >= 0.3 is 0 Å². The molecule has 78 valence electrons. The third-order valence-corrected chi connectivity index (χ3v) is 2.29. The van der Waals surface area contributed by atoms with Crippen molar-refractivity contribution in [1.82, 2.24) is 0 Å². The van der Waals surface area contributed by atoms with Crippen molar-refractivity contribution in [2.24, 2.45) is 0 Å². The summed E-state index contributed by atoms with van der Waals surface area (Å²) in [7, 11) is 1.78. The van der Waals surface area contributed by atoms with E-state index >= 15 is 0 Å². The first kappa shape index (κ1) is 11.3. The first-order valence-corrected chi connectivity index (χ1v) is 5.05. The number of benzene rings is 1. The molecule has 1 aromatic rings. The van der Waals surface area contributed by atoms with Crippen LogP contribution in [0.2, 0.25) is 0 Å². The summed E-state index contributed by atoms with van der Waals surface area (Å²) in [6.07, 6.45) is 0.871. The molecule has 14 heavy (non-hydrogen) atoms. The Bertz CT molecular complexity index is 304. The van der Waals surface area contributed by atoms with Crippen molar-refractivity contribution in [3.8, 4) is 0 Å². The molecule has 0 atom stereocenters. The molecule has 1 aromatic carbocycles. The maximum atomic E-state index is 13.2. The Morgan fingerprint density at radius 3 is 2.64 bits per heavy atom. The van der Waals surface area contributed by atoms with E-state index < -0.39 is 11.6 Å². The molecule has 0 N–H and O–H groups in total. The van der Waals surface area contributed by atoms with Crippen molar-refractivity contribution >= 4 is 18.3 Å². The molecule has 0 aliphatic heterocycles. The molecule has 0 heterocycles. The Morgan fingerprint density at radius 2 is 2.07 bits per heavy atom. The number of halogens is 2. The van der Waals surface area contributed by atoms with Gasteiger partial charge in [-0.3, -0.25) is 0 Å². The molecule has 4 heteroatoms. The average molecular weight is 217 g/mol. The third kappa shape index (κ3) is 2.87. The van der Waals surface area contributed by atoms with E-state index in [0.29, 0.717) is 12.2 Å². The molecular weight excluding hydrogens is 204 g/mol. The van der Waals surface area contributed by atoms with E-state index in [-0.39, 0.29) is 0 Å². The number of rotatable bonds is 4. The van der Waals surface area contributed by atoms with Gasteiger partial charge in [-0.1, -0.05) is 0 Å². The van der Waals surface area contributed by atoms with E-state index in [1.54, 1.807) is 11.9 Å². The van der Waals surface area contributed by atoms with Gasteiger partial charge in [0, 0.05) is 19.7 Å². The molecule has 1 nitrogen and oxygen atoms in total. The summed E-state index contributed by atoms with van der Waals surface area (Å²) in [6, 6.07) is 3.60. The predicted octanol–water partition coefficient (Wildman–Crippen LogP) is 2.72. The number of thiol groups is 1. The molecular formula is C10H13F2NS. The highest BCUT2D eigenvalue weighted by atomic mass is 32.1. The Morgan fingerprint density at radius 1 is 1.36 bits per heavy atom. The van der Waals surface area contributed by atoms with Gasteiger partial charge in [-0.05, 0) is 24.3 Å². The van der Waals surface area contributed by atoms with Crippen LogP contribution in [0, 0.1) is 11.6 Å². The second-order valence-corrected chi connectivity index (χ2v) is 3.54. The van der Waals surface area contributed by atoms with Crippen LogP contribution in [0.3, 0.4) is 0 Å². The van der Waals surface area contributed by atoms with Crippen LogP contribution < -0.4 is 4.90 Å². The minimum atomic E-state index is -0.547. The Kier molecular flexibility index (Phi) is 4.20.